The van der Waals surface area contributed by atoms with Crippen molar-refractivity contribution in [2.24, 2.45) is 0 Å². The number of hydrogen-bond acceptors (Lipinski definition) is 5. The second kappa shape index (κ2) is 8.27. The quantitative estimate of drug-likeness (QED) is 0.827. The monoisotopic (exact) mass is 368 g/mol. The smallest absolute Gasteiger partial charge is 0.230 e. The second-order valence-electron chi connectivity index (χ2n) is 5.84. The highest BCUT2D eigenvalue weighted by atomic mass is 16.5. The zero-order chi connectivity index (χ0) is 20.1. The van der Waals surface area contributed by atoms with Gasteiger partial charge in [-0.1, -0.05) is 0 Å². The molecule has 2 aromatic rings. The standard InChI is InChI=1S/C20H20N2O5/c1-13(23)21(14(2)24)17-5-9-19(10-6-17)27-20-11-7-18(8-12-20)22(15(3)25)16(4)26/h5-12H,1-4H3. The molecule has 0 aliphatic heterocycles. The van der Waals surface area contributed by atoms with Crippen molar-refractivity contribution < 1.29 is 23.9 Å². The predicted molar refractivity (Wildman–Crippen MR) is 101 cm³/mol. The number of carbonyl (C=O) groups is 4. The Bertz CT molecular complexity index is 771. The number of amides is 4. The zero-order valence-corrected chi connectivity index (χ0v) is 15.6. The minimum Gasteiger partial charge on any atom is -0.457 e. The third-order valence-electron chi connectivity index (χ3n) is 3.69. The summed E-state index contributed by atoms with van der Waals surface area (Å²) in [4.78, 5) is 48.4. The summed E-state index contributed by atoms with van der Waals surface area (Å²) < 4.78 is 5.71. The third-order valence-corrected chi connectivity index (χ3v) is 3.69. The lowest BCUT2D eigenvalue weighted by atomic mass is 10.2. The van der Waals surface area contributed by atoms with E-state index in [0.29, 0.717) is 22.9 Å². The first kappa shape index (κ1) is 19.8. The molecule has 7 nitrogen and oxygen atoms in total. The maximum atomic E-state index is 11.6. The molecule has 7 heteroatoms. The Morgan fingerprint density at radius 1 is 0.556 bits per heavy atom. The Kier molecular flexibility index (Phi) is 6.07. The number of anilines is 2. The van der Waals surface area contributed by atoms with E-state index in [2.05, 4.69) is 0 Å². The SMILES string of the molecule is CC(=O)N(C(C)=O)c1ccc(Oc2ccc(N(C(C)=O)C(C)=O)cc2)cc1. The molecule has 0 aromatic heterocycles. The molecule has 0 saturated carbocycles. The van der Waals surface area contributed by atoms with Gasteiger partial charge in [-0.25, -0.2) is 0 Å². The van der Waals surface area contributed by atoms with Gasteiger partial charge >= 0.3 is 0 Å². The van der Waals surface area contributed by atoms with Gasteiger partial charge in [0.2, 0.25) is 23.6 Å². The molecular formula is C20H20N2O5. The first-order valence-corrected chi connectivity index (χ1v) is 8.21. The fourth-order valence-corrected chi connectivity index (χ4v) is 2.63. The highest BCUT2D eigenvalue weighted by Gasteiger charge is 2.17. The molecule has 0 aliphatic rings. The summed E-state index contributed by atoms with van der Waals surface area (Å²) in [6.07, 6.45) is 0. The highest BCUT2D eigenvalue weighted by Crippen LogP contribution is 2.27. The van der Waals surface area contributed by atoms with Crippen LogP contribution < -0.4 is 14.5 Å². The van der Waals surface area contributed by atoms with E-state index in [1.165, 1.54) is 27.7 Å². The Balaban J connectivity index is 2.16. The number of benzene rings is 2. The number of nitrogens with zero attached hydrogens (tertiary/aromatic N) is 2. The van der Waals surface area contributed by atoms with E-state index in [1.54, 1.807) is 48.5 Å². The molecule has 0 radical (unpaired) electrons. The molecule has 0 bridgehead atoms. The summed E-state index contributed by atoms with van der Waals surface area (Å²) in [7, 11) is 0. The summed E-state index contributed by atoms with van der Waals surface area (Å²) in [5.74, 6) is -0.457. The lowest BCUT2D eigenvalue weighted by Crippen LogP contribution is -2.32. The molecule has 4 amide bonds. The molecule has 0 heterocycles. The van der Waals surface area contributed by atoms with Gasteiger partial charge in [0.1, 0.15) is 11.5 Å². The summed E-state index contributed by atoms with van der Waals surface area (Å²) in [5, 5.41) is 0. The Morgan fingerprint density at radius 3 is 1.04 bits per heavy atom. The van der Waals surface area contributed by atoms with Gasteiger partial charge in [0.05, 0.1) is 11.4 Å². The van der Waals surface area contributed by atoms with Crippen LogP contribution in [0.25, 0.3) is 0 Å². The van der Waals surface area contributed by atoms with Crippen LogP contribution >= 0.6 is 0 Å². The molecule has 0 saturated heterocycles. The summed E-state index contributed by atoms with van der Waals surface area (Å²) >= 11 is 0. The molecule has 0 aliphatic carbocycles. The fourth-order valence-electron chi connectivity index (χ4n) is 2.63. The normalized spacial score (nSPS) is 10.1. The van der Waals surface area contributed by atoms with E-state index < -0.39 is 0 Å². The van der Waals surface area contributed by atoms with Crippen molar-refractivity contribution in [2.45, 2.75) is 27.7 Å². The van der Waals surface area contributed by atoms with E-state index in [9.17, 15) is 19.2 Å². The van der Waals surface area contributed by atoms with Crippen molar-refractivity contribution in [3.63, 3.8) is 0 Å². The van der Waals surface area contributed by atoms with Gasteiger partial charge in [-0.2, -0.15) is 0 Å². The lowest BCUT2D eigenvalue weighted by Gasteiger charge is -2.18. The minimum atomic E-state index is -0.368. The predicted octanol–water partition coefficient (Wildman–Crippen LogP) is 3.28. The molecule has 2 rings (SSSR count). The van der Waals surface area contributed by atoms with Crippen LogP contribution in [0.2, 0.25) is 0 Å². The van der Waals surface area contributed by atoms with Crippen molar-refractivity contribution in [1.82, 2.24) is 0 Å². The third kappa shape index (κ3) is 4.78. The summed E-state index contributed by atoms with van der Waals surface area (Å²) in [6.45, 7) is 5.27. The summed E-state index contributed by atoms with van der Waals surface area (Å²) in [5.41, 5.74) is 0.910. The Hall–Kier alpha value is -3.48. The lowest BCUT2D eigenvalue weighted by molar-refractivity contribution is -0.125. The molecule has 27 heavy (non-hydrogen) atoms. The van der Waals surface area contributed by atoms with Crippen LogP contribution in [0.5, 0.6) is 11.5 Å². The molecule has 0 N–H and O–H groups in total. The van der Waals surface area contributed by atoms with Crippen molar-refractivity contribution in [3.05, 3.63) is 48.5 Å². The maximum Gasteiger partial charge on any atom is 0.230 e. The second-order valence-corrected chi connectivity index (χ2v) is 5.84. The average Bonchev–Trinajstić information content (AvgIpc) is 2.57. The Morgan fingerprint density at radius 2 is 0.815 bits per heavy atom. The molecule has 140 valence electrons. The van der Waals surface area contributed by atoms with E-state index in [4.69, 9.17) is 4.74 Å². The van der Waals surface area contributed by atoms with E-state index in [-0.39, 0.29) is 23.6 Å². The van der Waals surface area contributed by atoms with Crippen LogP contribution in [0.15, 0.2) is 48.5 Å². The zero-order valence-electron chi connectivity index (χ0n) is 15.6. The first-order chi connectivity index (χ1) is 12.7. The van der Waals surface area contributed by atoms with Crippen LogP contribution in [-0.4, -0.2) is 23.6 Å². The van der Waals surface area contributed by atoms with Crippen molar-refractivity contribution in [2.75, 3.05) is 9.80 Å². The van der Waals surface area contributed by atoms with Gasteiger partial charge in [-0.15, -0.1) is 0 Å². The number of ether oxygens (including phenoxy) is 1. The van der Waals surface area contributed by atoms with Crippen LogP contribution in [0, 0.1) is 0 Å². The maximum absolute atomic E-state index is 11.6. The number of hydrogen-bond donors (Lipinski definition) is 0. The fraction of sp³-hybridized carbons (Fsp3) is 0.200. The van der Waals surface area contributed by atoms with E-state index in [0.717, 1.165) is 9.80 Å². The molecule has 0 spiro atoms. The van der Waals surface area contributed by atoms with Gasteiger partial charge < -0.3 is 4.74 Å². The van der Waals surface area contributed by atoms with Crippen molar-refractivity contribution >= 4 is 35.0 Å². The minimum absolute atomic E-state index is 0.368. The largest absolute Gasteiger partial charge is 0.457 e. The van der Waals surface area contributed by atoms with Gasteiger partial charge in [0.25, 0.3) is 0 Å². The summed E-state index contributed by atoms with van der Waals surface area (Å²) in [6, 6.07) is 13.0. The highest BCUT2D eigenvalue weighted by molar-refractivity contribution is 6.13. The van der Waals surface area contributed by atoms with E-state index >= 15 is 0 Å². The molecular weight excluding hydrogens is 348 g/mol. The van der Waals surface area contributed by atoms with Gasteiger partial charge in [0.15, 0.2) is 0 Å². The van der Waals surface area contributed by atoms with Gasteiger partial charge in [-0.05, 0) is 48.5 Å². The van der Waals surface area contributed by atoms with Crippen molar-refractivity contribution in [3.8, 4) is 11.5 Å². The number of imide groups is 2. The van der Waals surface area contributed by atoms with Gasteiger partial charge in [-0.3, -0.25) is 29.0 Å². The van der Waals surface area contributed by atoms with Crippen molar-refractivity contribution in [1.29, 1.82) is 0 Å². The molecule has 2 aromatic carbocycles. The molecule has 0 unspecified atom stereocenters. The number of rotatable bonds is 4. The van der Waals surface area contributed by atoms with Crippen LogP contribution in [0.3, 0.4) is 0 Å². The average molecular weight is 368 g/mol. The van der Waals surface area contributed by atoms with Crippen LogP contribution in [0.1, 0.15) is 27.7 Å². The van der Waals surface area contributed by atoms with Crippen LogP contribution in [-0.2, 0) is 19.2 Å². The first-order valence-electron chi connectivity index (χ1n) is 8.21. The molecule has 0 atom stereocenters. The Labute approximate surface area is 157 Å². The van der Waals surface area contributed by atoms with Crippen LogP contribution in [0.4, 0.5) is 11.4 Å². The molecule has 0 fully saturated rings. The van der Waals surface area contributed by atoms with Gasteiger partial charge in [0, 0.05) is 27.7 Å². The number of carbonyl (C=O) groups excluding carboxylic acids is 4. The van der Waals surface area contributed by atoms with E-state index in [1.807, 2.05) is 0 Å². The topological polar surface area (TPSA) is 84.0 Å².